The zero-order valence-electron chi connectivity index (χ0n) is 7.82. The Morgan fingerprint density at radius 3 is 3.00 bits per heavy atom. The predicted molar refractivity (Wildman–Crippen MR) is 55.0 cm³/mol. The molecule has 0 spiro atoms. The number of thiazole rings is 1. The van der Waals surface area contributed by atoms with Crippen molar-refractivity contribution in [3.63, 3.8) is 0 Å². The number of hydrogen-bond donors (Lipinski definition) is 1. The van der Waals surface area contributed by atoms with E-state index in [2.05, 4.69) is 28.6 Å². The summed E-state index contributed by atoms with van der Waals surface area (Å²) in [7, 11) is 0. The van der Waals surface area contributed by atoms with Crippen LogP contribution in [0.25, 0.3) is 4.96 Å². The molecule has 0 aromatic carbocycles. The molecule has 0 aliphatic rings. The fourth-order valence-electron chi connectivity index (χ4n) is 1.43. The van der Waals surface area contributed by atoms with Gasteiger partial charge in [-0.2, -0.15) is 0 Å². The van der Waals surface area contributed by atoms with E-state index in [4.69, 9.17) is 5.73 Å². The lowest BCUT2D eigenvalue weighted by Gasteiger charge is -2.04. The SMILES string of the molecule is CC(C)c1csc2ncc(CN)n12. The number of fused-ring (bicyclic) bond motifs is 1. The molecule has 2 aromatic rings. The fraction of sp³-hybridized carbons (Fsp3) is 0.444. The van der Waals surface area contributed by atoms with Crippen LogP contribution >= 0.6 is 11.3 Å². The van der Waals surface area contributed by atoms with E-state index in [1.54, 1.807) is 11.3 Å². The van der Waals surface area contributed by atoms with Crippen molar-refractivity contribution in [3.05, 3.63) is 23.0 Å². The average molecular weight is 195 g/mol. The molecule has 0 aliphatic carbocycles. The lowest BCUT2D eigenvalue weighted by atomic mass is 10.1. The minimum absolute atomic E-state index is 0.522. The van der Waals surface area contributed by atoms with Crippen LogP contribution in [0, 0.1) is 0 Å². The van der Waals surface area contributed by atoms with Gasteiger partial charge < -0.3 is 5.73 Å². The van der Waals surface area contributed by atoms with Crippen molar-refractivity contribution < 1.29 is 0 Å². The molecule has 0 amide bonds. The molecule has 2 rings (SSSR count). The van der Waals surface area contributed by atoms with Crippen LogP contribution in [0.3, 0.4) is 0 Å². The quantitative estimate of drug-likeness (QED) is 0.796. The lowest BCUT2D eigenvalue weighted by molar-refractivity contribution is 0.790. The topological polar surface area (TPSA) is 43.3 Å². The highest BCUT2D eigenvalue weighted by atomic mass is 32.1. The van der Waals surface area contributed by atoms with E-state index in [1.807, 2.05) is 6.20 Å². The van der Waals surface area contributed by atoms with Crippen molar-refractivity contribution in [3.8, 4) is 0 Å². The molecule has 0 saturated heterocycles. The zero-order valence-corrected chi connectivity index (χ0v) is 8.64. The number of rotatable bonds is 2. The van der Waals surface area contributed by atoms with E-state index >= 15 is 0 Å². The van der Waals surface area contributed by atoms with Crippen LogP contribution in [0.2, 0.25) is 0 Å². The average Bonchev–Trinajstić information content (AvgIpc) is 2.61. The monoisotopic (exact) mass is 195 g/mol. The second-order valence-electron chi connectivity index (χ2n) is 3.39. The number of nitrogens with zero attached hydrogens (tertiary/aromatic N) is 2. The Morgan fingerprint density at radius 1 is 1.62 bits per heavy atom. The van der Waals surface area contributed by atoms with Gasteiger partial charge in [0, 0.05) is 17.6 Å². The number of aromatic nitrogens is 2. The van der Waals surface area contributed by atoms with E-state index in [-0.39, 0.29) is 0 Å². The molecule has 0 bridgehead atoms. The molecule has 0 radical (unpaired) electrons. The maximum absolute atomic E-state index is 5.63. The van der Waals surface area contributed by atoms with E-state index in [0.29, 0.717) is 12.5 Å². The minimum Gasteiger partial charge on any atom is -0.325 e. The van der Waals surface area contributed by atoms with Crippen LogP contribution in [-0.4, -0.2) is 9.38 Å². The summed E-state index contributed by atoms with van der Waals surface area (Å²) in [5.41, 5.74) is 8.03. The second kappa shape index (κ2) is 3.12. The normalized spacial score (nSPS) is 11.7. The Morgan fingerprint density at radius 2 is 2.38 bits per heavy atom. The van der Waals surface area contributed by atoms with Gasteiger partial charge >= 0.3 is 0 Å². The molecule has 0 unspecified atom stereocenters. The standard InChI is InChI=1S/C9H13N3S/c1-6(2)8-5-13-9-11-4-7(3-10)12(8)9/h4-6H,3,10H2,1-2H3. The third-order valence-electron chi connectivity index (χ3n) is 2.15. The minimum atomic E-state index is 0.522. The summed E-state index contributed by atoms with van der Waals surface area (Å²) < 4.78 is 2.16. The molecule has 3 nitrogen and oxygen atoms in total. The Kier molecular flexibility index (Phi) is 2.09. The van der Waals surface area contributed by atoms with Gasteiger partial charge in [-0.25, -0.2) is 4.98 Å². The first-order valence-corrected chi connectivity index (χ1v) is 5.25. The third-order valence-corrected chi connectivity index (χ3v) is 3.00. The first-order valence-electron chi connectivity index (χ1n) is 4.37. The summed E-state index contributed by atoms with van der Waals surface area (Å²) in [5.74, 6) is 0.522. The van der Waals surface area contributed by atoms with Gasteiger partial charge in [-0.1, -0.05) is 13.8 Å². The number of imidazole rings is 1. The number of nitrogens with two attached hydrogens (primary N) is 1. The van der Waals surface area contributed by atoms with Crippen LogP contribution in [0.5, 0.6) is 0 Å². The Balaban J connectivity index is 2.68. The van der Waals surface area contributed by atoms with Crippen LogP contribution in [0.1, 0.15) is 31.2 Å². The molecular formula is C9H13N3S. The summed E-state index contributed by atoms with van der Waals surface area (Å²) in [6, 6.07) is 0. The highest BCUT2D eigenvalue weighted by molar-refractivity contribution is 7.15. The van der Waals surface area contributed by atoms with Gasteiger partial charge in [0.15, 0.2) is 4.96 Å². The highest BCUT2D eigenvalue weighted by Crippen LogP contribution is 2.23. The van der Waals surface area contributed by atoms with Gasteiger partial charge in [-0.3, -0.25) is 4.40 Å². The van der Waals surface area contributed by atoms with E-state index < -0.39 is 0 Å². The summed E-state index contributed by atoms with van der Waals surface area (Å²) in [4.78, 5) is 5.34. The van der Waals surface area contributed by atoms with Gasteiger partial charge in [0.2, 0.25) is 0 Å². The number of hydrogen-bond acceptors (Lipinski definition) is 3. The predicted octanol–water partition coefficient (Wildman–Crippen LogP) is 1.98. The van der Waals surface area contributed by atoms with Crippen molar-refractivity contribution in [1.82, 2.24) is 9.38 Å². The molecule has 0 atom stereocenters. The molecule has 2 heterocycles. The van der Waals surface area contributed by atoms with E-state index in [1.165, 1.54) is 5.69 Å². The van der Waals surface area contributed by atoms with Crippen LogP contribution in [0.4, 0.5) is 0 Å². The van der Waals surface area contributed by atoms with Gasteiger partial charge in [-0.05, 0) is 5.92 Å². The molecule has 2 aromatic heterocycles. The van der Waals surface area contributed by atoms with Crippen molar-refractivity contribution in [1.29, 1.82) is 0 Å². The summed E-state index contributed by atoms with van der Waals surface area (Å²) in [6.45, 7) is 4.92. The van der Waals surface area contributed by atoms with Crippen molar-refractivity contribution in [2.75, 3.05) is 0 Å². The summed E-state index contributed by atoms with van der Waals surface area (Å²) in [6.07, 6.45) is 1.86. The van der Waals surface area contributed by atoms with Crippen molar-refractivity contribution in [2.45, 2.75) is 26.3 Å². The second-order valence-corrected chi connectivity index (χ2v) is 4.22. The summed E-state index contributed by atoms with van der Waals surface area (Å²) >= 11 is 1.67. The first kappa shape index (κ1) is 8.72. The smallest absolute Gasteiger partial charge is 0.194 e. The van der Waals surface area contributed by atoms with Crippen LogP contribution in [-0.2, 0) is 6.54 Å². The Labute approximate surface area is 81.2 Å². The van der Waals surface area contributed by atoms with Gasteiger partial charge in [0.1, 0.15) is 0 Å². The Hall–Kier alpha value is -0.870. The van der Waals surface area contributed by atoms with Crippen molar-refractivity contribution in [2.24, 2.45) is 5.73 Å². The molecule has 70 valence electrons. The fourth-order valence-corrected chi connectivity index (χ4v) is 2.48. The molecule has 2 N–H and O–H groups in total. The van der Waals surface area contributed by atoms with E-state index in [0.717, 1.165) is 10.7 Å². The molecule has 0 saturated carbocycles. The molecular weight excluding hydrogens is 182 g/mol. The maximum Gasteiger partial charge on any atom is 0.194 e. The highest BCUT2D eigenvalue weighted by Gasteiger charge is 2.10. The lowest BCUT2D eigenvalue weighted by Crippen LogP contribution is -2.03. The maximum atomic E-state index is 5.63. The first-order chi connectivity index (χ1) is 6.24. The molecule has 0 aliphatic heterocycles. The van der Waals surface area contributed by atoms with Crippen LogP contribution < -0.4 is 5.73 Å². The Bertz CT molecular complexity index is 413. The zero-order chi connectivity index (χ0) is 9.42. The van der Waals surface area contributed by atoms with Crippen molar-refractivity contribution >= 4 is 16.3 Å². The van der Waals surface area contributed by atoms with E-state index in [9.17, 15) is 0 Å². The third kappa shape index (κ3) is 1.26. The molecule has 13 heavy (non-hydrogen) atoms. The van der Waals surface area contributed by atoms with Crippen LogP contribution in [0.15, 0.2) is 11.6 Å². The van der Waals surface area contributed by atoms with Gasteiger partial charge in [0.25, 0.3) is 0 Å². The largest absolute Gasteiger partial charge is 0.325 e. The molecule has 0 fully saturated rings. The molecule has 4 heteroatoms. The van der Waals surface area contributed by atoms with Gasteiger partial charge in [0.05, 0.1) is 11.9 Å². The van der Waals surface area contributed by atoms with Gasteiger partial charge in [-0.15, -0.1) is 11.3 Å². The summed E-state index contributed by atoms with van der Waals surface area (Å²) in [5, 5.41) is 2.16.